The zero-order chi connectivity index (χ0) is 14.9. The lowest BCUT2D eigenvalue weighted by Gasteiger charge is -2.14. The summed E-state index contributed by atoms with van der Waals surface area (Å²) < 4.78 is 38.6. The van der Waals surface area contributed by atoms with Gasteiger partial charge in [0.1, 0.15) is 5.15 Å². The van der Waals surface area contributed by atoms with E-state index in [1.165, 1.54) is 24.3 Å². The molecule has 0 spiro atoms. The Morgan fingerprint density at radius 3 is 2.30 bits per heavy atom. The van der Waals surface area contributed by atoms with Crippen LogP contribution in [0.5, 0.6) is 0 Å². The van der Waals surface area contributed by atoms with Gasteiger partial charge in [-0.25, -0.2) is 4.98 Å². The van der Waals surface area contributed by atoms with Crippen LogP contribution in [0.3, 0.4) is 0 Å². The Morgan fingerprint density at radius 2 is 1.65 bits per heavy atom. The van der Waals surface area contributed by atoms with Crippen molar-refractivity contribution >= 4 is 46.3 Å². The van der Waals surface area contributed by atoms with E-state index in [0.29, 0.717) is 0 Å². The quantitative estimate of drug-likeness (QED) is 0.698. The van der Waals surface area contributed by atoms with Crippen molar-refractivity contribution in [2.45, 2.75) is 6.18 Å². The third-order valence-corrected chi connectivity index (χ3v) is 3.33. The summed E-state index contributed by atoms with van der Waals surface area (Å²) in [6, 6.07) is 6.27. The Kier molecular flexibility index (Phi) is 4.32. The van der Waals surface area contributed by atoms with Crippen LogP contribution in [0.2, 0.25) is 15.2 Å². The molecule has 0 aliphatic heterocycles. The maximum Gasteiger partial charge on any atom is 0.418 e. The molecule has 2 nitrogen and oxygen atoms in total. The summed E-state index contributed by atoms with van der Waals surface area (Å²) in [6.45, 7) is 0. The van der Waals surface area contributed by atoms with Crippen molar-refractivity contribution in [2.75, 3.05) is 5.32 Å². The number of rotatable bonds is 2. The van der Waals surface area contributed by atoms with Crippen LogP contribution in [0.25, 0.3) is 0 Å². The highest BCUT2D eigenvalue weighted by Crippen LogP contribution is 2.37. The molecule has 0 aliphatic carbocycles. The standard InChI is InChI=1S/C12H6Cl3F3N2/c13-7-5-8(14)11(20-10(7)15)19-9-4-2-1-3-6(9)12(16,17)18/h1-5H,(H,19,20). The normalized spacial score (nSPS) is 11.5. The number of anilines is 2. The second-order valence-electron chi connectivity index (χ2n) is 3.76. The largest absolute Gasteiger partial charge is 0.418 e. The first-order chi connectivity index (χ1) is 9.29. The maximum absolute atomic E-state index is 12.9. The van der Waals surface area contributed by atoms with E-state index in [2.05, 4.69) is 10.3 Å². The number of aromatic nitrogens is 1. The lowest BCUT2D eigenvalue weighted by atomic mass is 10.1. The summed E-state index contributed by atoms with van der Waals surface area (Å²) in [6.07, 6.45) is -4.49. The smallest absolute Gasteiger partial charge is 0.338 e. The SMILES string of the molecule is FC(F)(F)c1ccccc1Nc1nc(Cl)c(Cl)cc1Cl. The van der Waals surface area contributed by atoms with Gasteiger partial charge in [-0.2, -0.15) is 13.2 Å². The lowest BCUT2D eigenvalue weighted by Crippen LogP contribution is -2.09. The van der Waals surface area contributed by atoms with Crippen LogP contribution in [0.1, 0.15) is 5.56 Å². The Hall–Kier alpha value is -1.17. The number of hydrogen-bond donors (Lipinski definition) is 1. The topological polar surface area (TPSA) is 24.9 Å². The Labute approximate surface area is 127 Å². The second kappa shape index (κ2) is 5.68. The molecule has 8 heteroatoms. The highest BCUT2D eigenvalue weighted by Gasteiger charge is 2.33. The van der Waals surface area contributed by atoms with E-state index in [9.17, 15) is 13.2 Å². The van der Waals surface area contributed by atoms with E-state index < -0.39 is 11.7 Å². The molecule has 0 fully saturated rings. The van der Waals surface area contributed by atoms with Crippen molar-refractivity contribution in [3.63, 3.8) is 0 Å². The van der Waals surface area contributed by atoms with Gasteiger partial charge in [-0.05, 0) is 18.2 Å². The molecular formula is C12H6Cl3F3N2. The van der Waals surface area contributed by atoms with E-state index >= 15 is 0 Å². The molecule has 0 aliphatic rings. The van der Waals surface area contributed by atoms with Gasteiger partial charge in [0, 0.05) is 0 Å². The molecule has 0 unspecified atom stereocenters. The molecule has 1 heterocycles. The first-order valence-corrected chi connectivity index (χ1v) is 6.37. The van der Waals surface area contributed by atoms with Crippen molar-refractivity contribution in [2.24, 2.45) is 0 Å². The summed E-state index contributed by atoms with van der Waals surface area (Å²) >= 11 is 17.3. The van der Waals surface area contributed by atoms with Gasteiger partial charge < -0.3 is 5.32 Å². The van der Waals surface area contributed by atoms with Crippen LogP contribution in [0.15, 0.2) is 30.3 Å². The van der Waals surface area contributed by atoms with Crippen LogP contribution in [-0.4, -0.2) is 4.98 Å². The van der Waals surface area contributed by atoms with Crippen LogP contribution in [-0.2, 0) is 6.18 Å². The van der Waals surface area contributed by atoms with Gasteiger partial charge in [-0.1, -0.05) is 46.9 Å². The molecule has 20 heavy (non-hydrogen) atoms. The number of halogens is 6. The fourth-order valence-electron chi connectivity index (χ4n) is 1.50. The van der Waals surface area contributed by atoms with E-state index in [1.807, 2.05) is 0 Å². The number of para-hydroxylation sites is 1. The van der Waals surface area contributed by atoms with Gasteiger partial charge >= 0.3 is 6.18 Å². The molecule has 0 radical (unpaired) electrons. The fourth-order valence-corrected chi connectivity index (χ4v) is 2.04. The van der Waals surface area contributed by atoms with Crippen molar-refractivity contribution in [1.82, 2.24) is 4.98 Å². The molecule has 0 atom stereocenters. The Bertz CT molecular complexity index is 644. The molecule has 1 aromatic heterocycles. The van der Waals surface area contributed by atoms with Crippen molar-refractivity contribution in [1.29, 1.82) is 0 Å². The van der Waals surface area contributed by atoms with Crippen LogP contribution < -0.4 is 5.32 Å². The van der Waals surface area contributed by atoms with Gasteiger partial charge in [0.25, 0.3) is 0 Å². The van der Waals surface area contributed by atoms with Crippen molar-refractivity contribution in [3.8, 4) is 0 Å². The van der Waals surface area contributed by atoms with Gasteiger partial charge in [0.15, 0.2) is 5.82 Å². The van der Waals surface area contributed by atoms with E-state index in [1.54, 1.807) is 0 Å². The third kappa shape index (κ3) is 3.29. The first-order valence-electron chi connectivity index (χ1n) is 5.24. The molecule has 106 valence electrons. The van der Waals surface area contributed by atoms with Crippen molar-refractivity contribution < 1.29 is 13.2 Å². The highest BCUT2D eigenvalue weighted by molar-refractivity contribution is 6.43. The highest BCUT2D eigenvalue weighted by atomic mass is 35.5. The molecular weight excluding hydrogens is 335 g/mol. The summed E-state index contributed by atoms with van der Waals surface area (Å²) in [5.74, 6) is -0.00207. The van der Waals surface area contributed by atoms with Crippen LogP contribution in [0, 0.1) is 0 Å². The Balaban J connectivity index is 2.43. The predicted molar refractivity (Wildman–Crippen MR) is 74.0 cm³/mol. The minimum absolute atomic E-state index is 0.00207. The number of alkyl halides is 3. The maximum atomic E-state index is 12.9. The molecule has 1 N–H and O–H groups in total. The number of nitrogens with zero attached hydrogens (tertiary/aromatic N) is 1. The average molecular weight is 342 g/mol. The van der Waals surface area contributed by atoms with Gasteiger partial charge in [-0.3, -0.25) is 0 Å². The number of pyridine rings is 1. The van der Waals surface area contributed by atoms with Gasteiger partial charge in [-0.15, -0.1) is 0 Å². The average Bonchev–Trinajstić information content (AvgIpc) is 2.35. The van der Waals surface area contributed by atoms with Gasteiger partial charge in [0.05, 0.1) is 21.3 Å². The monoisotopic (exact) mass is 340 g/mol. The van der Waals surface area contributed by atoms with Crippen LogP contribution >= 0.6 is 34.8 Å². The Morgan fingerprint density at radius 1 is 1.00 bits per heavy atom. The van der Waals surface area contributed by atoms with E-state index in [-0.39, 0.29) is 26.7 Å². The zero-order valence-electron chi connectivity index (χ0n) is 9.60. The second-order valence-corrected chi connectivity index (χ2v) is 4.93. The fraction of sp³-hybridized carbons (Fsp3) is 0.0833. The van der Waals surface area contributed by atoms with Crippen molar-refractivity contribution in [3.05, 3.63) is 51.1 Å². The summed E-state index contributed by atoms with van der Waals surface area (Å²) in [5.41, 5.74) is -1.00. The summed E-state index contributed by atoms with van der Waals surface area (Å²) in [7, 11) is 0. The van der Waals surface area contributed by atoms with Gasteiger partial charge in [0.2, 0.25) is 0 Å². The van der Waals surface area contributed by atoms with Crippen LogP contribution in [0.4, 0.5) is 24.7 Å². The molecule has 0 bridgehead atoms. The van der Waals surface area contributed by atoms with E-state index in [0.717, 1.165) is 6.07 Å². The predicted octanol–water partition coefficient (Wildman–Crippen LogP) is 5.80. The number of hydrogen-bond acceptors (Lipinski definition) is 2. The molecule has 0 saturated carbocycles. The first kappa shape index (κ1) is 15.2. The summed E-state index contributed by atoms with van der Waals surface area (Å²) in [4.78, 5) is 3.81. The lowest BCUT2D eigenvalue weighted by molar-refractivity contribution is -0.136. The molecule has 2 aromatic rings. The molecule has 0 saturated heterocycles. The number of nitrogens with one attached hydrogen (secondary N) is 1. The minimum Gasteiger partial charge on any atom is -0.338 e. The third-order valence-electron chi connectivity index (χ3n) is 2.37. The number of benzene rings is 1. The zero-order valence-corrected chi connectivity index (χ0v) is 11.9. The molecule has 0 amide bonds. The molecule has 2 rings (SSSR count). The summed E-state index contributed by atoms with van der Waals surface area (Å²) in [5, 5.41) is 2.64. The minimum atomic E-state index is -4.49. The molecule has 1 aromatic carbocycles. The van der Waals surface area contributed by atoms with E-state index in [4.69, 9.17) is 34.8 Å².